The Morgan fingerprint density at radius 2 is 1.84 bits per heavy atom. The Hall–Kier alpha value is -2.87. The molecule has 1 aromatic heterocycles. The third kappa shape index (κ3) is 6.82. The molecule has 168 valence electrons. The van der Waals surface area contributed by atoms with E-state index < -0.39 is 24.0 Å². The number of aromatic nitrogens is 2. The van der Waals surface area contributed by atoms with Gasteiger partial charge in [-0.1, -0.05) is 29.8 Å². The molecule has 1 N–H and O–H groups in total. The number of hydrogen-bond acceptors (Lipinski definition) is 5. The van der Waals surface area contributed by atoms with Crippen molar-refractivity contribution in [2.75, 3.05) is 20.2 Å². The van der Waals surface area contributed by atoms with Crippen LogP contribution in [-0.2, 0) is 20.9 Å². The average Bonchev–Trinajstić information content (AvgIpc) is 2.93. The Kier molecular flexibility index (Phi) is 7.84. The molecular weight excluding hydrogens is 420 g/mol. The van der Waals surface area contributed by atoms with Crippen LogP contribution in [0.4, 0.5) is 0 Å². The average molecular weight is 449 g/mol. The number of hydrogen-bond donors (Lipinski definition) is 1. The summed E-state index contributed by atoms with van der Waals surface area (Å²) in [6, 6.07) is 7.41. The summed E-state index contributed by atoms with van der Waals surface area (Å²) in [5.41, 5.74) is 1.91. The van der Waals surface area contributed by atoms with Crippen molar-refractivity contribution in [2.45, 2.75) is 46.7 Å². The van der Waals surface area contributed by atoms with Crippen molar-refractivity contribution < 1.29 is 19.1 Å². The van der Waals surface area contributed by atoms with Gasteiger partial charge in [0.05, 0.1) is 24.5 Å². The lowest BCUT2D eigenvalue weighted by atomic mass is 10.1. The number of rotatable bonds is 7. The highest BCUT2D eigenvalue weighted by molar-refractivity contribution is 6.31. The zero-order valence-corrected chi connectivity index (χ0v) is 19.5. The highest BCUT2D eigenvalue weighted by Gasteiger charge is 2.23. The van der Waals surface area contributed by atoms with Gasteiger partial charge in [0.15, 0.2) is 6.61 Å². The van der Waals surface area contributed by atoms with E-state index in [1.54, 1.807) is 24.6 Å². The SMILES string of the molecule is Cc1nn(Cc2ccccc2Cl)c(C)c1C(=O)OCC(=O)N(C)CC(=O)NC(C)(C)C. The Balaban J connectivity index is 1.99. The van der Waals surface area contributed by atoms with Gasteiger partial charge in [-0.2, -0.15) is 5.10 Å². The number of aryl methyl sites for hydroxylation is 1. The van der Waals surface area contributed by atoms with Crippen LogP contribution in [0, 0.1) is 13.8 Å². The molecule has 1 heterocycles. The molecule has 2 aromatic rings. The van der Waals surface area contributed by atoms with Crippen molar-refractivity contribution in [3.63, 3.8) is 0 Å². The summed E-state index contributed by atoms with van der Waals surface area (Å²) >= 11 is 6.22. The molecule has 0 fully saturated rings. The number of nitrogens with zero attached hydrogens (tertiary/aromatic N) is 3. The molecule has 0 atom stereocenters. The minimum atomic E-state index is -0.638. The number of halogens is 1. The van der Waals surface area contributed by atoms with Crippen LogP contribution >= 0.6 is 11.6 Å². The van der Waals surface area contributed by atoms with Gasteiger partial charge < -0.3 is 15.0 Å². The lowest BCUT2D eigenvalue weighted by molar-refractivity contribution is -0.137. The maximum Gasteiger partial charge on any atom is 0.342 e. The van der Waals surface area contributed by atoms with E-state index in [4.69, 9.17) is 16.3 Å². The molecule has 31 heavy (non-hydrogen) atoms. The van der Waals surface area contributed by atoms with Gasteiger partial charge in [0.25, 0.3) is 5.91 Å². The van der Waals surface area contributed by atoms with Gasteiger partial charge >= 0.3 is 5.97 Å². The first kappa shape index (κ1) is 24.4. The number of carbonyl (C=O) groups is 3. The normalized spacial score (nSPS) is 11.2. The summed E-state index contributed by atoms with van der Waals surface area (Å²) in [7, 11) is 1.48. The van der Waals surface area contributed by atoms with Crippen molar-refractivity contribution in [3.05, 3.63) is 51.8 Å². The van der Waals surface area contributed by atoms with E-state index >= 15 is 0 Å². The van der Waals surface area contributed by atoms with Gasteiger partial charge in [-0.3, -0.25) is 14.3 Å². The molecule has 0 spiro atoms. The zero-order valence-electron chi connectivity index (χ0n) is 18.8. The van der Waals surface area contributed by atoms with Gasteiger partial charge in [0.2, 0.25) is 5.91 Å². The number of amides is 2. The molecule has 9 heteroatoms. The van der Waals surface area contributed by atoms with E-state index in [0.29, 0.717) is 28.5 Å². The molecule has 0 saturated heterocycles. The van der Waals surface area contributed by atoms with Crippen LogP contribution in [0.1, 0.15) is 48.1 Å². The third-order valence-corrected chi connectivity index (χ3v) is 4.88. The van der Waals surface area contributed by atoms with E-state index in [1.807, 2.05) is 39.0 Å². The maximum absolute atomic E-state index is 12.6. The lowest BCUT2D eigenvalue weighted by Gasteiger charge is -2.23. The maximum atomic E-state index is 12.6. The first-order valence-electron chi connectivity index (χ1n) is 9.88. The van der Waals surface area contributed by atoms with Gasteiger partial charge in [-0.05, 0) is 46.2 Å². The summed E-state index contributed by atoms with van der Waals surface area (Å²) in [5, 5.41) is 7.80. The van der Waals surface area contributed by atoms with E-state index in [2.05, 4.69) is 10.4 Å². The summed E-state index contributed by atoms with van der Waals surface area (Å²) in [4.78, 5) is 38.1. The fourth-order valence-corrected chi connectivity index (χ4v) is 3.20. The van der Waals surface area contributed by atoms with Crippen molar-refractivity contribution in [2.24, 2.45) is 0 Å². The Labute approximate surface area is 187 Å². The van der Waals surface area contributed by atoms with Gasteiger partial charge in [0.1, 0.15) is 5.56 Å². The fraction of sp³-hybridized carbons (Fsp3) is 0.455. The second-order valence-electron chi connectivity index (χ2n) is 8.42. The van der Waals surface area contributed by atoms with E-state index in [0.717, 1.165) is 5.56 Å². The van der Waals surface area contributed by atoms with Crippen LogP contribution in [0.15, 0.2) is 24.3 Å². The molecule has 2 amide bonds. The van der Waals surface area contributed by atoms with Gasteiger partial charge in [-0.15, -0.1) is 0 Å². The largest absolute Gasteiger partial charge is 0.452 e. The molecule has 0 radical (unpaired) electrons. The van der Waals surface area contributed by atoms with Crippen molar-refractivity contribution >= 4 is 29.4 Å². The first-order chi connectivity index (χ1) is 14.4. The third-order valence-electron chi connectivity index (χ3n) is 4.51. The topological polar surface area (TPSA) is 93.5 Å². The standard InChI is InChI=1S/C22H29ClN4O4/c1-14-20(15(2)27(25-14)11-16-9-7-8-10-17(16)23)21(30)31-13-19(29)26(6)12-18(28)24-22(3,4)5/h7-10H,11-13H2,1-6H3,(H,24,28). The monoisotopic (exact) mass is 448 g/mol. The molecule has 0 aliphatic carbocycles. The number of carbonyl (C=O) groups excluding carboxylic acids is 3. The number of ether oxygens (including phenoxy) is 1. The highest BCUT2D eigenvalue weighted by Crippen LogP contribution is 2.20. The molecule has 2 rings (SSSR count). The van der Waals surface area contributed by atoms with Crippen molar-refractivity contribution in [3.8, 4) is 0 Å². The number of esters is 1. The summed E-state index contributed by atoms with van der Waals surface area (Å²) in [6.07, 6.45) is 0. The van der Waals surface area contributed by atoms with Crippen LogP contribution < -0.4 is 5.32 Å². The van der Waals surface area contributed by atoms with Gasteiger partial charge in [0, 0.05) is 17.6 Å². The van der Waals surface area contributed by atoms with Crippen LogP contribution in [0.5, 0.6) is 0 Å². The number of likely N-dealkylation sites (N-methyl/N-ethyl adjacent to an activating group) is 1. The Bertz CT molecular complexity index is 978. The van der Waals surface area contributed by atoms with Crippen LogP contribution in [0.2, 0.25) is 5.02 Å². The smallest absolute Gasteiger partial charge is 0.342 e. The predicted octanol–water partition coefficient (Wildman–Crippen LogP) is 2.73. The van der Waals surface area contributed by atoms with E-state index in [9.17, 15) is 14.4 Å². The number of nitrogens with one attached hydrogen (secondary N) is 1. The predicted molar refractivity (Wildman–Crippen MR) is 118 cm³/mol. The zero-order chi connectivity index (χ0) is 23.3. The van der Waals surface area contributed by atoms with Gasteiger partial charge in [-0.25, -0.2) is 4.79 Å². The second-order valence-corrected chi connectivity index (χ2v) is 8.83. The summed E-state index contributed by atoms with van der Waals surface area (Å²) < 4.78 is 6.88. The molecular formula is C22H29ClN4O4. The molecule has 8 nitrogen and oxygen atoms in total. The summed E-state index contributed by atoms with van der Waals surface area (Å²) in [6.45, 7) is 8.84. The fourth-order valence-electron chi connectivity index (χ4n) is 3.01. The van der Waals surface area contributed by atoms with Crippen LogP contribution in [0.3, 0.4) is 0 Å². The molecule has 0 aliphatic rings. The van der Waals surface area contributed by atoms with E-state index in [-0.39, 0.29) is 12.5 Å². The minimum Gasteiger partial charge on any atom is -0.452 e. The lowest BCUT2D eigenvalue weighted by Crippen LogP contribution is -2.46. The molecule has 0 bridgehead atoms. The molecule has 0 saturated carbocycles. The molecule has 1 aromatic carbocycles. The minimum absolute atomic E-state index is 0.124. The summed E-state index contributed by atoms with van der Waals surface area (Å²) in [5.74, 6) is -1.40. The second kappa shape index (κ2) is 9.96. The first-order valence-corrected chi connectivity index (χ1v) is 10.3. The van der Waals surface area contributed by atoms with Crippen molar-refractivity contribution in [1.29, 1.82) is 0 Å². The van der Waals surface area contributed by atoms with Crippen molar-refractivity contribution in [1.82, 2.24) is 20.0 Å². The Morgan fingerprint density at radius 3 is 2.45 bits per heavy atom. The Morgan fingerprint density at radius 1 is 1.19 bits per heavy atom. The van der Waals surface area contributed by atoms with Crippen LogP contribution in [-0.4, -0.2) is 58.2 Å². The number of benzene rings is 1. The quantitative estimate of drug-likeness (QED) is 0.657. The van der Waals surface area contributed by atoms with Crippen LogP contribution in [0.25, 0.3) is 0 Å². The molecule has 0 aliphatic heterocycles. The highest BCUT2D eigenvalue weighted by atomic mass is 35.5. The van der Waals surface area contributed by atoms with E-state index in [1.165, 1.54) is 11.9 Å². The molecule has 0 unspecified atom stereocenters.